The number of alkyl carbamates (subject to hydrolysis) is 1. The molecule has 286 valence electrons. The minimum absolute atomic E-state index is 0.112. The lowest BCUT2D eigenvalue weighted by Gasteiger charge is -2.65. The fourth-order valence-corrected chi connectivity index (χ4v) is 8.99. The zero-order valence-electron chi connectivity index (χ0n) is 31.4. The van der Waals surface area contributed by atoms with Crippen molar-refractivity contribution in [1.29, 1.82) is 0 Å². The van der Waals surface area contributed by atoms with E-state index in [0.29, 0.717) is 29.6 Å². The van der Waals surface area contributed by atoms with Crippen molar-refractivity contribution in [3.63, 3.8) is 0 Å². The van der Waals surface area contributed by atoms with Crippen LogP contribution < -0.4 is 5.32 Å². The maximum atomic E-state index is 14.6. The molecule has 0 spiro atoms. The molecule has 53 heavy (non-hydrogen) atoms. The molecule has 2 aromatic carbocycles. The Labute approximate surface area is 309 Å². The molecule has 1 heterocycles. The maximum absolute atomic E-state index is 14.6. The van der Waals surface area contributed by atoms with Gasteiger partial charge in [0.25, 0.3) is 0 Å². The number of aliphatic hydroxyl groups is 3. The summed E-state index contributed by atoms with van der Waals surface area (Å²) in [6.45, 7) is 11.9. The molecule has 1 aliphatic heterocycles. The number of fused-ring (bicyclic) bond motifs is 5. The smallest absolute Gasteiger partial charge is 0.408 e. The van der Waals surface area contributed by atoms with E-state index in [1.807, 2.05) is 0 Å². The first-order valence-corrected chi connectivity index (χ1v) is 18.2. The summed E-state index contributed by atoms with van der Waals surface area (Å²) in [5, 5.41) is 39.6. The number of amides is 1. The van der Waals surface area contributed by atoms with Crippen molar-refractivity contribution in [3.05, 3.63) is 82.9 Å². The molecule has 9 atom stereocenters. The van der Waals surface area contributed by atoms with Crippen LogP contribution in [-0.2, 0) is 28.5 Å². The topological polar surface area (TPSA) is 178 Å². The molecule has 4 N–H and O–H groups in total. The number of esters is 2. The van der Waals surface area contributed by atoms with Crippen molar-refractivity contribution in [2.24, 2.45) is 16.7 Å². The average molecular weight is 734 g/mol. The molecule has 0 aromatic heterocycles. The monoisotopic (exact) mass is 733 g/mol. The third-order valence-electron chi connectivity index (χ3n) is 12.2. The highest BCUT2D eigenvalue weighted by atomic mass is 16.6. The van der Waals surface area contributed by atoms with Crippen molar-refractivity contribution in [2.45, 2.75) is 121 Å². The van der Waals surface area contributed by atoms with Crippen molar-refractivity contribution in [3.8, 4) is 0 Å². The van der Waals surface area contributed by atoms with Gasteiger partial charge in [-0.25, -0.2) is 14.4 Å². The van der Waals surface area contributed by atoms with Crippen LogP contribution in [0, 0.1) is 16.7 Å². The molecule has 2 saturated carbocycles. The Morgan fingerprint density at radius 1 is 0.962 bits per heavy atom. The normalized spacial score (nSPS) is 33.1. The van der Waals surface area contributed by atoms with Gasteiger partial charge >= 0.3 is 18.0 Å². The highest BCUT2D eigenvalue weighted by molar-refractivity contribution is 5.91. The van der Waals surface area contributed by atoms with Crippen molar-refractivity contribution in [1.82, 2.24) is 5.32 Å². The lowest BCUT2D eigenvalue weighted by Crippen LogP contribution is -2.77. The van der Waals surface area contributed by atoms with Crippen LogP contribution in [0.3, 0.4) is 0 Å². The second kappa shape index (κ2) is 13.6. The van der Waals surface area contributed by atoms with Gasteiger partial charge in [-0.15, -0.1) is 0 Å². The molecule has 3 aliphatic carbocycles. The van der Waals surface area contributed by atoms with Gasteiger partial charge in [0.15, 0.2) is 6.10 Å². The van der Waals surface area contributed by atoms with E-state index >= 15 is 0 Å². The number of benzene rings is 2. The predicted octanol–water partition coefficient (Wildman–Crippen LogP) is 4.75. The van der Waals surface area contributed by atoms with E-state index in [1.165, 1.54) is 0 Å². The predicted molar refractivity (Wildman–Crippen MR) is 191 cm³/mol. The lowest BCUT2D eigenvalue weighted by molar-refractivity contribution is -0.328. The number of aliphatic hydroxyl groups excluding tert-OH is 1. The Morgan fingerprint density at radius 2 is 1.58 bits per heavy atom. The van der Waals surface area contributed by atoms with Gasteiger partial charge in [0.2, 0.25) is 0 Å². The van der Waals surface area contributed by atoms with Crippen LogP contribution in [-0.4, -0.2) is 87.0 Å². The van der Waals surface area contributed by atoms with Crippen molar-refractivity contribution in [2.75, 3.05) is 6.61 Å². The van der Waals surface area contributed by atoms with Gasteiger partial charge in [0.1, 0.15) is 34.8 Å². The highest BCUT2D eigenvalue weighted by Gasteiger charge is 2.73. The molecular weight excluding hydrogens is 682 g/mol. The van der Waals surface area contributed by atoms with Crippen LogP contribution in [0.1, 0.15) is 96.1 Å². The summed E-state index contributed by atoms with van der Waals surface area (Å²) >= 11 is 0. The Kier molecular flexibility index (Phi) is 9.94. The number of nitrogens with one attached hydrogen (secondary N) is 1. The van der Waals surface area contributed by atoms with E-state index in [4.69, 9.17) is 18.9 Å². The molecule has 6 rings (SSSR count). The molecule has 0 radical (unpaired) electrons. The van der Waals surface area contributed by atoms with Crippen LogP contribution >= 0.6 is 0 Å². The average Bonchev–Trinajstić information content (AvgIpc) is 3.09. The zero-order valence-corrected chi connectivity index (χ0v) is 31.4. The molecule has 12 heteroatoms. The molecular formula is C41H51NO11. The molecule has 4 aliphatic rings. The summed E-state index contributed by atoms with van der Waals surface area (Å²) < 4.78 is 23.5. The van der Waals surface area contributed by atoms with E-state index in [-0.39, 0.29) is 30.8 Å². The summed E-state index contributed by atoms with van der Waals surface area (Å²) in [4.78, 5) is 55.3. The number of carbonyl (C=O) groups is 4. The van der Waals surface area contributed by atoms with Crippen LogP contribution in [0.2, 0.25) is 0 Å². The van der Waals surface area contributed by atoms with Crippen molar-refractivity contribution < 1.29 is 53.4 Å². The van der Waals surface area contributed by atoms with Gasteiger partial charge in [-0.2, -0.15) is 0 Å². The minimum Gasteiger partial charge on any atom is -0.456 e. The number of ketones is 1. The first-order valence-electron chi connectivity index (χ1n) is 18.2. The largest absolute Gasteiger partial charge is 0.456 e. The molecule has 1 saturated heterocycles. The summed E-state index contributed by atoms with van der Waals surface area (Å²) in [6.07, 6.45) is -5.72. The van der Waals surface area contributed by atoms with Crippen LogP contribution in [0.4, 0.5) is 4.79 Å². The molecule has 1 unspecified atom stereocenters. The fourth-order valence-electron chi connectivity index (χ4n) is 8.99. The number of Topliss-reactive ketones (excluding diaryl/α,β-unsaturated/α-hetero) is 1. The molecule has 3 fully saturated rings. The van der Waals surface area contributed by atoms with Gasteiger partial charge < -0.3 is 39.6 Å². The van der Waals surface area contributed by atoms with Gasteiger partial charge in [-0.3, -0.25) is 4.79 Å². The number of hydrogen-bond acceptors (Lipinski definition) is 11. The number of carbonyl (C=O) groups excluding carboxylic acids is 4. The Balaban J connectivity index is 1.40. The molecule has 12 nitrogen and oxygen atoms in total. The first-order chi connectivity index (χ1) is 24.7. The SMILES string of the molecule is CC1=C2CC(=O)[C@]3(C)CC[C@H]4OC[C@@]4(O)[C@H]3[C@H](OC(=O)c3ccccc3)[C@](O)(CC1OC(=O)[C@H](O)[C@@H](NC(=O)OC(C)(C)C)c1ccccc1)C2(C)C. The lowest BCUT2D eigenvalue weighted by atomic mass is 9.46. The van der Waals surface area contributed by atoms with Gasteiger partial charge in [0, 0.05) is 29.6 Å². The summed E-state index contributed by atoms with van der Waals surface area (Å²) in [6, 6.07) is 15.4. The Bertz CT molecular complexity index is 1790. The first kappa shape index (κ1) is 38.6. The molecule has 2 aromatic rings. The van der Waals surface area contributed by atoms with E-state index in [1.54, 1.807) is 109 Å². The van der Waals surface area contributed by atoms with Crippen molar-refractivity contribution >= 4 is 23.8 Å². The van der Waals surface area contributed by atoms with Gasteiger partial charge in [0.05, 0.1) is 24.3 Å². The Morgan fingerprint density at radius 3 is 2.17 bits per heavy atom. The second-order valence-electron chi connectivity index (χ2n) is 16.8. The summed E-state index contributed by atoms with van der Waals surface area (Å²) in [5.41, 5.74) is -5.24. The van der Waals surface area contributed by atoms with E-state index in [9.17, 15) is 34.5 Å². The number of hydrogen-bond donors (Lipinski definition) is 4. The Hall–Kier alpha value is -4.10. The van der Waals surface area contributed by atoms with Gasteiger partial charge in [-0.05, 0) is 63.8 Å². The van der Waals surface area contributed by atoms with Gasteiger partial charge in [-0.1, -0.05) is 74.9 Å². The molecule has 2 bridgehead atoms. The summed E-state index contributed by atoms with van der Waals surface area (Å²) in [5.74, 6) is -3.13. The van der Waals surface area contributed by atoms with Crippen LogP contribution in [0.15, 0.2) is 71.8 Å². The quantitative estimate of drug-likeness (QED) is 0.176. The highest BCUT2D eigenvalue weighted by Crippen LogP contribution is 2.63. The van der Waals surface area contributed by atoms with E-state index in [2.05, 4.69) is 5.32 Å². The fraction of sp³-hybridized carbons (Fsp3) is 0.561. The van der Waals surface area contributed by atoms with Crippen LogP contribution in [0.5, 0.6) is 0 Å². The maximum Gasteiger partial charge on any atom is 0.408 e. The zero-order chi connectivity index (χ0) is 38.7. The number of ether oxygens (including phenoxy) is 4. The third kappa shape index (κ3) is 6.68. The standard InChI is InChI=1S/C41H51NO11/c1-23-26-20-28(43)39(7)19-18-29-40(48,22-50-29)32(39)33(52-34(45)25-16-12-9-13-17-25)41(49,38(26,5)6)21-27(23)51-35(46)31(44)30(24-14-10-8-11-15-24)42-36(47)53-37(2,3)4/h8-17,27,29-33,44,48-49H,18-22H2,1-7H3,(H,42,47)/t27?,29-,30+,31-,32+,33+,39+,40+,41-/m1/s1. The minimum atomic E-state index is -2.00. The second-order valence-corrected chi connectivity index (χ2v) is 16.8. The number of rotatable bonds is 7. The summed E-state index contributed by atoms with van der Waals surface area (Å²) in [7, 11) is 0. The molecule has 1 amide bonds. The third-order valence-corrected chi connectivity index (χ3v) is 12.2. The van der Waals surface area contributed by atoms with Crippen LogP contribution in [0.25, 0.3) is 0 Å². The van der Waals surface area contributed by atoms with E-state index in [0.717, 1.165) is 0 Å². The van der Waals surface area contributed by atoms with E-state index < -0.39 is 82.0 Å².